The molecule has 1 aromatic heterocycles. The maximum atomic E-state index is 5.54. The second-order valence-corrected chi connectivity index (χ2v) is 2.67. The van der Waals surface area contributed by atoms with Gasteiger partial charge in [-0.1, -0.05) is 0 Å². The zero-order chi connectivity index (χ0) is 7.40. The zero-order valence-electron chi connectivity index (χ0n) is 6.06. The molecule has 0 aliphatic rings. The Hall–Kier alpha value is -0.430. The molecule has 56 valence electrons. The van der Waals surface area contributed by atoms with Gasteiger partial charge in [-0.05, 0) is 31.4 Å². The second kappa shape index (κ2) is 3.67. The number of alkyl halides is 1. The van der Waals surface area contributed by atoms with Crippen LogP contribution >= 0.6 is 11.6 Å². The van der Waals surface area contributed by atoms with Crippen LogP contribution in [-0.2, 0) is 6.42 Å². The van der Waals surface area contributed by atoms with Crippen LogP contribution in [0.4, 0.5) is 0 Å². The fourth-order valence-corrected chi connectivity index (χ4v) is 1.06. The lowest BCUT2D eigenvalue weighted by molar-refractivity contribution is 0.529. The maximum Gasteiger partial charge on any atom is 0.103 e. The first-order chi connectivity index (χ1) is 4.84. The van der Waals surface area contributed by atoms with Crippen LogP contribution in [0, 0.1) is 6.92 Å². The van der Waals surface area contributed by atoms with Crippen LogP contribution in [-0.4, -0.2) is 5.88 Å². The van der Waals surface area contributed by atoms with Gasteiger partial charge in [0.1, 0.15) is 5.76 Å². The summed E-state index contributed by atoms with van der Waals surface area (Å²) in [5.74, 6) is 1.75. The molecule has 1 heterocycles. The van der Waals surface area contributed by atoms with Crippen molar-refractivity contribution in [2.45, 2.75) is 19.8 Å². The predicted octanol–water partition coefficient (Wildman–Crippen LogP) is 2.76. The molecule has 0 bridgehead atoms. The summed E-state index contributed by atoms with van der Waals surface area (Å²) in [4.78, 5) is 0. The van der Waals surface area contributed by atoms with Crippen LogP contribution in [0.5, 0.6) is 0 Å². The van der Waals surface area contributed by atoms with Gasteiger partial charge in [0.05, 0.1) is 6.26 Å². The highest BCUT2D eigenvalue weighted by molar-refractivity contribution is 6.17. The highest BCUT2D eigenvalue weighted by Gasteiger charge is 1.98. The maximum absolute atomic E-state index is 5.54. The van der Waals surface area contributed by atoms with Gasteiger partial charge in [-0.2, -0.15) is 0 Å². The lowest BCUT2D eigenvalue weighted by Gasteiger charge is -1.93. The third-order valence-corrected chi connectivity index (χ3v) is 1.81. The Balaban J connectivity index is 2.49. The molecule has 2 heteroatoms. The van der Waals surface area contributed by atoms with Crippen molar-refractivity contribution in [3.05, 3.63) is 23.7 Å². The van der Waals surface area contributed by atoms with E-state index in [0.29, 0.717) is 0 Å². The molecule has 1 rings (SSSR count). The lowest BCUT2D eigenvalue weighted by atomic mass is 10.1. The minimum absolute atomic E-state index is 0.727. The number of furan rings is 1. The highest BCUT2D eigenvalue weighted by atomic mass is 35.5. The van der Waals surface area contributed by atoms with Crippen molar-refractivity contribution in [3.8, 4) is 0 Å². The summed E-state index contributed by atoms with van der Waals surface area (Å²) < 4.78 is 5.12. The van der Waals surface area contributed by atoms with Crippen molar-refractivity contribution < 1.29 is 4.42 Å². The van der Waals surface area contributed by atoms with Gasteiger partial charge in [-0.3, -0.25) is 0 Å². The first-order valence-electron chi connectivity index (χ1n) is 3.43. The van der Waals surface area contributed by atoms with Crippen LogP contribution in [0.25, 0.3) is 0 Å². The van der Waals surface area contributed by atoms with Gasteiger partial charge in [0, 0.05) is 5.88 Å². The summed E-state index contributed by atoms with van der Waals surface area (Å²) in [7, 11) is 0. The van der Waals surface area contributed by atoms with Gasteiger partial charge < -0.3 is 4.42 Å². The Morgan fingerprint density at radius 2 is 2.40 bits per heavy atom. The Bertz CT molecular complexity index is 193. The fourth-order valence-electron chi connectivity index (χ4n) is 0.928. The molecule has 0 fully saturated rings. The average Bonchev–Trinajstić information content (AvgIpc) is 2.31. The molecule has 0 saturated carbocycles. The monoisotopic (exact) mass is 158 g/mol. The van der Waals surface area contributed by atoms with E-state index in [0.717, 1.165) is 24.5 Å². The van der Waals surface area contributed by atoms with E-state index in [1.807, 2.05) is 13.0 Å². The van der Waals surface area contributed by atoms with E-state index in [-0.39, 0.29) is 0 Å². The third-order valence-electron chi connectivity index (χ3n) is 1.55. The molecule has 0 saturated heterocycles. The van der Waals surface area contributed by atoms with Crippen molar-refractivity contribution >= 4 is 11.6 Å². The Morgan fingerprint density at radius 1 is 1.60 bits per heavy atom. The van der Waals surface area contributed by atoms with E-state index in [1.54, 1.807) is 6.26 Å². The van der Waals surface area contributed by atoms with Crippen LogP contribution in [0.1, 0.15) is 17.7 Å². The third kappa shape index (κ3) is 1.77. The molecule has 0 atom stereocenters. The molecule has 0 aliphatic heterocycles. The van der Waals surface area contributed by atoms with E-state index in [4.69, 9.17) is 16.0 Å². The normalized spacial score (nSPS) is 10.2. The van der Waals surface area contributed by atoms with Crippen molar-refractivity contribution in [1.82, 2.24) is 0 Å². The average molecular weight is 159 g/mol. The Kier molecular flexibility index (Phi) is 2.82. The Labute approximate surface area is 66.0 Å². The molecule has 10 heavy (non-hydrogen) atoms. The molecule has 0 N–H and O–H groups in total. The van der Waals surface area contributed by atoms with Gasteiger partial charge in [-0.15, -0.1) is 11.6 Å². The molecular weight excluding hydrogens is 148 g/mol. The van der Waals surface area contributed by atoms with Crippen molar-refractivity contribution in [3.63, 3.8) is 0 Å². The molecule has 0 aliphatic carbocycles. The van der Waals surface area contributed by atoms with Crippen molar-refractivity contribution in [1.29, 1.82) is 0 Å². The summed E-state index contributed by atoms with van der Waals surface area (Å²) in [5, 5.41) is 0. The van der Waals surface area contributed by atoms with Gasteiger partial charge in [-0.25, -0.2) is 0 Å². The number of rotatable bonds is 3. The molecule has 0 spiro atoms. The van der Waals surface area contributed by atoms with E-state index in [1.165, 1.54) is 5.56 Å². The quantitative estimate of drug-likeness (QED) is 0.617. The standard InChI is InChI=1S/C8H11ClO/c1-7-8(3-2-5-9)4-6-10-7/h4,6H,2-3,5H2,1H3. The van der Waals surface area contributed by atoms with Crippen LogP contribution in [0.15, 0.2) is 16.7 Å². The summed E-state index contributed by atoms with van der Waals surface area (Å²) in [6.07, 6.45) is 3.78. The minimum atomic E-state index is 0.727. The van der Waals surface area contributed by atoms with E-state index >= 15 is 0 Å². The van der Waals surface area contributed by atoms with Crippen LogP contribution < -0.4 is 0 Å². The van der Waals surface area contributed by atoms with E-state index < -0.39 is 0 Å². The second-order valence-electron chi connectivity index (χ2n) is 2.29. The molecule has 0 aromatic carbocycles. The lowest BCUT2D eigenvalue weighted by Crippen LogP contribution is -1.84. The van der Waals surface area contributed by atoms with E-state index in [2.05, 4.69) is 0 Å². The summed E-state index contributed by atoms with van der Waals surface area (Å²) in [6.45, 7) is 1.98. The molecule has 0 radical (unpaired) electrons. The first-order valence-corrected chi connectivity index (χ1v) is 3.97. The van der Waals surface area contributed by atoms with Crippen LogP contribution in [0.2, 0.25) is 0 Å². The van der Waals surface area contributed by atoms with Crippen molar-refractivity contribution in [2.24, 2.45) is 0 Å². The number of aryl methyl sites for hydroxylation is 2. The number of halogens is 1. The summed E-state index contributed by atoms with van der Waals surface area (Å²) in [6, 6.07) is 2.00. The van der Waals surface area contributed by atoms with Gasteiger partial charge >= 0.3 is 0 Å². The topological polar surface area (TPSA) is 13.1 Å². The minimum Gasteiger partial charge on any atom is -0.469 e. The fraction of sp³-hybridized carbons (Fsp3) is 0.500. The van der Waals surface area contributed by atoms with Gasteiger partial charge in [0.25, 0.3) is 0 Å². The SMILES string of the molecule is Cc1occc1CCCCl. The highest BCUT2D eigenvalue weighted by Crippen LogP contribution is 2.10. The number of hydrogen-bond acceptors (Lipinski definition) is 1. The molecule has 1 nitrogen and oxygen atoms in total. The largest absolute Gasteiger partial charge is 0.469 e. The van der Waals surface area contributed by atoms with Gasteiger partial charge in [0.2, 0.25) is 0 Å². The number of hydrogen-bond donors (Lipinski definition) is 0. The van der Waals surface area contributed by atoms with E-state index in [9.17, 15) is 0 Å². The Morgan fingerprint density at radius 3 is 2.90 bits per heavy atom. The molecule has 0 amide bonds. The molecule has 0 unspecified atom stereocenters. The van der Waals surface area contributed by atoms with Gasteiger partial charge in [0.15, 0.2) is 0 Å². The summed E-state index contributed by atoms with van der Waals surface area (Å²) >= 11 is 5.54. The zero-order valence-corrected chi connectivity index (χ0v) is 6.82. The summed E-state index contributed by atoms with van der Waals surface area (Å²) in [5.41, 5.74) is 1.28. The van der Waals surface area contributed by atoms with Crippen LogP contribution in [0.3, 0.4) is 0 Å². The molecule has 1 aromatic rings. The van der Waals surface area contributed by atoms with Crippen molar-refractivity contribution in [2.75, 3.05) is 5.88 Å². The molecular formula is C8H11ClO. The smallest absolute Gasteiger partial charge is 0.103 e. The first kappa shape index (κ1) is 7.67. The predicted molar refractivity (Wildman–Crippen MR) is 42.5 cm³/mol.